The predicted molar refractivity (Wildman–Crippen MR) is 101 cm³/mol. The number of benzene rings is 1. The van der Waals surface area contributed by atoms with Gasteiger partial charge in [-0.1, -0.05) is 11.6 Å². The Kier molecular flexibility index (Phi) is 6.57. The summed E-state index contributed by atoms with van der Waals surface area (Å²) in [7, 11) is 0. The molecule has 0 bridgehead atoms. The van der Waals surface area contributed by atoms with Crippen LogP contribution in [0.1, 0.15) is 54.4 Å². The summed E-state index contributed by atoms with van der Waals surface area (Å²) in [6.07, 6.45) is -7.99. The predicted octanol–water partition coefficient (Wildman–Crippen LogP) is 5.62. The molecular formula is C21H26F6N2O. The van der Waals surface area contributed by atoms with E-state index in [4.69, 9.17) is 0 Å². The second-order valence-corrected chi connectivity index (χ2v) is 8.39. The summed E-state index contributed by atoms with van der Waals surface area (Å²) in [5.41, 5.74) is 1.76. The van der Waals surface area contributed by atoms with Gasteiger partial charge in [0, 0.05) is 24.8 Å². The minimum Gasteiger partial charge on any atom is -0.371 e. The number of carbonyl (C=O) groups excluding carboxylic acids is 1. The smallest absolute Gasteiger partial charge is 0.371 e. The molecule has 0 spiro atoms. The summed E-state index contributed by atoms with van der Waals surface area (Å²) in [5, 5.41) is 2.83. The van der Waals surface area contributed by atoms with Crippen LogP contribution in [-0.2, 0) is 0 Å². The van der Waals surface area contributed by atoms with Gasteiger partial charge in [0.05, 0.1) is 17.4 Å². The van der Waals surface area contributed by atoms with E-state index < -0.39 is 24.2 Å². The molecule has 0 aromatic heterocycles. The van der Waals surface area contributed by atoms with Crippen LogP contribution < -0.4 is 10.2 Å². The molecule has 1 aliphatic carbocycles. The second kappa shape index (κ2) is 8.67. The molecule has 3 rings (SSSR count). The van der Waals surface area contributed by atoms with Crippen molar-refractivity contribution in [3.05, 3.63) is 29.3 Å². The van der Waals surface area contributed by atoms with Crippen LogP contribution in [0.15, 0.2) is 18.2 Å². The van der Waals surface area contributed by atoms with E-state index in [0.29, 0.717) is 11.3 Å². The lowest BCUT2D eigenvalue weighted by Crippen LogP contribution is -2.42. The Hall–Kier alpha value is -1.93. The number of hydrogen-bond acceptors (Lipinski definition) is 2. The van der Waals surface area contributed by atoms with Crippen LogP contribution in [0.4, 0.5) is 32.0 Å². The van der Waals surface area contributed by atoms with Gasteiger partial charge in [-0.15, -0.1) is 0 Å². The third-order valence-electron chi connectivity index (χ3n) is 6.22. The first-order chi connectivity index (χ1) is 13.9. The molecule has 1 amide bonds. The van der Waals surface area contributed by atoms with Crippen LogP contribution in [0.2, 0.25) is 0 Å². The molecule has 0 unspecified atom stereocenters. The molecule has 9 heteroatoms. The van der Waals surface area contributed by atoms with E-state index in [1.54, 1.807) is 23.1 Å². The Bertz CT molecular complexity index is 745. The van der Waals surface area contributed by atoms with Crippen LogP contribution in [0.3, 0.4) is 0 Å². The van der Waals surface area contributed by atoms with Crippen molar-refractivity contribution in [3.63, 3.8) is 0 Å². The van der Waals surface area contributed by atoms with Crippen LogP contribution in [0, 0.1) is 18.8 Å². The number of aryl methyl sites for hydroxylation is 1. The van der Waals surface area contributed by atoms with Crippen LogP contribution in [0.25, 0.3) is 0 Å². The molecule has 1 aliphatic heterocycles. The Labute approximate surface area is 171 Å². The average molecular weight is 436 g/mol. The molecule has 1 heterocycles. The van der Waals surface area contributed by atoms with Crippen molar-refractivity contribution < 1.29 is 31.1 Å². The largest absolute Gasteiger partial charge is 0.391 e. The Morgan fingerprint density at radius 1 is 0.900 bits per heavy atom. The maximum Gasteiger partial charge on any atom is 0.391 e. The molecule has 1 aromatic carbocycles. The van der Waals surface area contributed by atoms with Crippen molar-refractivity contribution in [2.75, 3.05) is 18.0 Å². The zero-order chi connectivity index (χ0) is 22.1. The van der Waals surface area contributed by atoms with E-state index in [1.807, 2.05) is 6.92 Å². The quantitative estimate of drug-likeness (QED) is 0.624. The molecule has 168 valence electrons. The van der Waals surface area contributed by atoms with E-state index in [1.165, 1.54) is 0 Å². The van der Waals surface area contributed by atoms with Gasteiger partial charge in [-0.3, -0.25) is 4.79 Å². The second-order valence-electron chi connectivity index (χ2n) is 8.39. The first-order valence-corrected chi connectivity index (χ1v) is 10.2. The number of rotatable bonds is 3. The van der Waals surface area contributed by atoms with Crippen molar-refractivity contribution in [2.24, 2.45) is 11.8 Å². The van der Waals surface area contributed by atoms with Crippen molar-refractivity contribution >= 4 is 11.6 Å². The molecular weight excluding hydrogens is 410 g/mol. The Morgan fingerprint density at radius 2 is 1.43 bits per heavy atom. The van der Waals surface area contributed by atoms with Crippen molar-refractivity contribution in [3.8, 4) is 0 Å². The summed E-state index contributed by atoms with van der Waals surface area (Å²) >= 11 is 0. The number of alkyl halides is 6. The standard InChI is InChI=1S/C21H26F6N2O/c1-13-2-7-18(29-10-8-15(9-11-29)21(25,26)27)17(12-13)19(30)28-16-5-3-14(4-6-16)20(22,23)24/h2,7,12,14-16H,3-6,8-11H2,1H3,(H,28,30)/t14-,16-. The van der Waals surface area contributed by atoms with Gasteiger partial charge in [-0.2, -0.15) is 26.3 Å². The van der Waals surface area contributed by atoms with Crippen molar-refractivity contribution in [2.45, 2.75) is 63.8 Å². The molecule has 1 saturated carbocycles. The third-order valence-corrected chi connectivity index (χ3v) is 6.22. The number of hydrogen-bond donors (Lipinski definition) is 1. The van der Waals surface area contributed by atoms with Gasteiger partial charge in [-0.05, 0) is 57.6 Å². The van der Waals surface area contributed by atoms with Gasteiger partial charge in [0.2, 0.25) is 0 Å². The number of nitrogens with zero attached hydrogens (tertiary/aromatic N) is 1. The number of anilines is 1. The number of amides is 1. The lowest BCUT2D eigenvalue weighted by Gasteiger charge is -2.35. The number of carbonyl (C=O) groups is 1. The van der Waals surface area contributed by atoms with E-state index in [-0.39, 0.29) is 63.6 Å². The van der Waals surface area contributed by atoms with Crippen LogP contribution in [0.5, 0.6) is 0 Å². The Morgan fingerprint density at radius 3 is 1.97 bits per heavy atom. The fourth-order valence-electron chi connectivity index (χ4n) is 4.38. The highest BCUT2D eigenvalue weighted by atomic mass is 19.4. The van der Waals surface area contributed by atoms with E-state index in [2.05, 4.69) is 5.32 Å². The Balaban J connectivity index is 1.66. The highest BCUT2D eigenvalue weighted by molar-refractivity contribution is 6.00. The molecule has 2 aliphatic rings. The summed E-state index contributed by atoms with van der Waals surface area (Å²) in [6, 6.07) is 4.89. The van der Waals surface area contributed by atoms with E-state index in [9.17, 15) is 31.1 Å². The van der Waals surface area contributed by atoms with Gasteiger partial charge < -0.3 is 10.2 Å². The van der Waals surface area contributed by atoms with E-state index in [0.717, 1.165) is 5.56 Å². The molecule has 3 nitrogen and oxygen atoms in total. The van der Waals surface area contributed by atoms with Gasteiger partial charge in [0.25, 0.3) is 5.91 Å². The van der Waals surface area contributed by atoms with Crippen LogP contribution >= 0.6 is 0 Å². The monoisotopic (exact) mass is 436 g/mol. The molecule has 2 fully saturated rings. The fraction of sp³-hybridized carbons (Fsp3) is 0.667. The number of nitrogens with one attached hydrogen (secondary N) is 1. The minimum absolute atomic E-state index is 0.0138. The highest BCUT2D eigenvalue weighted by Crippen LogP contribution is 2.38. The lowest BCUT2D eigenvalue weighted by molar-refractivity contribution is -0.182. The highest BCUT2D eigenvalue weighted by Gasteiger charge is 2.42. The molecule has 0 atom stereocenters. The number of halogens is 6. The average Bonchev–Trinajstić information content (AvgIpc) is 2.67. The van der Waals surface area contributed by atoms with Gasteiger partial charge >= 0.3 is 12.4 Å². The fourth-order valence-corrected chi connectivity index (χ4v) is 4.38. The summed E-state index contributed by atoms with van der Waals surface area (Å²) in [4.78, 5) is 14.7. The zero-order valence-electron chi connectivity index (χ0n) is 16.7. The minimum atomic E-state index is -4.21. The molecule has 1 N–H and O–H groups in total. The SMILES string of the molecule is Cc1ccc(N2CCC(C(F)(F)F)CC2)c(C(=O)N[C@H]2CC[C@H](C(F)(F)F)CC2)c1. The lowest BCUT2D eigenvalue weighted by atomic mass is 9.85. The maximum atomic E-state index is 12.9. The van der Waals surface area contributed by atoms with Crippen LogP contribution in [-0.4, -0.2) is 37.4 Å². The third kappa shape index (κ3) is 5.40. The zero-order valence-corrected chi connectivity index (χ0v) is 16.7. The molecule has 1 aromatic rings. The maximum absolute atomic E-state index is 12.9. The normalized spacial score (nSPS) is 24.0. The van der Waals surface area contributed by atoms with E-state index >= 15 is 0 Å². The molecule has 0 radical (unpaired) electrons. The van der Waals surface area contributed by atoms with Crippen molar-refractivity contribution in [1.82, 2.24) is 5.32 Å². The van der Waals surface area contributed by atoms with Gasteiger partial charge in [-0.25, -0.2) is 0 Å². The first kappa shape index (κ1) is 22.7. The number of piperidine rings is 1. The van der Waals surface area contributed by atoms with Gasteiger partial charge in [0.15, 0.2) is 0 Å². The van der Waals surface area contributed by atoms with Crippen molar-refractivity contribution in [1.29, 1.82) is 0 Å². The summed E-state index contributed by atoms with van der Waals surface area (Å²) in [5.74, 6) is -3.04. The topological polar surface area (TPSA) is 32.3 Å². The molecule has 1 saturated heterocycles. The summed E-state index contributed by atoms with van der Waals surface area (Å²) < 4.78 is 77.3. The first-order valence-electron chi connectivity index (χ1n) is 10.2. The molecule has 30 heavy (non-hydrogen) atoms. The van der Waals surface area contributed by atoms with Gasteiger partial charge in [0.1, 0.15) is 0 Å². The summed E-state index contributed by atoms with van der Waals surface area (Å²) in [6.45, 7) is 2.21.